The molecule has 0 aliphatic heterocycles. The summed E-state index contributed by atoms with van der Waals surface area (Å²) in [5, 5.41) is 4.21. The first-order valence-electron chi connectivity index (χ1n) is 6.56. The Labute approximate surface area is 128 Å². The monoisotopic (exact) mass is 318 g/mol. The first kappa shape index (κ1) is 14.6. The molecule has 0 amide bonds. The average Bonchev–Trinajstić information content (AvgIpc) is 2.99. The van der Waals surface area contributed by atoms with Crippen LogP contribution in [0.25, 0.3) is 5.69 Å². The molecule has 1 aromatic heterocycles. The Kier molecular flexibility index (Phi) is 4.11. The molecule has 1 atom stereocenters. The predicted molar refractivity (Wildman–Crippen MR) is 80.0 cm³/mol. The molecule has 3 aromatic rings. The largest absolute Gasteiger partial charge is 0.254 e. The molecule has 22 heavy (non-hydrogen) atoms. The number of para-hydroxylation sites is 1. The molecule has 1 heterocycles. The zero-order valence-electron chi connectivity index (χ0n) is 11.4. The van der Waals surface area contributed by atoms with Crippen LogP contribution in [0.3, 0.4) is 0 Å². The lowest BCUT2D eigenvalue weighted by atomic mass is 10.3. The van der Waals surface area contributed by atoms with Gasteiger partial charge in [0, 0.05) is 16.7 Å². The van der Waals surface area contributed by atoms with Crippen LogP contribution in [0.4, 0.5) is 8.78 Å². The van der Waals surface area contributed by atoms with E-state index in [1.165, 1.54) is 6.07 Å². The maximum atomic E-state index is 13.2. The average molecular weight is 318 g/mol. The van der Waals surface area contributed by atoms with Gasteiger partial charge < -0.3 is 0 Å². The number of nitrogens with zero attached hydrogens (tertiary/aromatic N) is 2. The Morgan fingerprint density at radius 2 is 1.82 bits per heavy atom. The minimum Gasteiger partial charge on any atom is -0.254 e. The predicted octanol–water partition coefficient (Wildman–Crippen LogP) is 3.46. The van der Waals surface area contributed by atoms with Gasteiger partial charge in [0.15, 0.2) is 11.6 Å². The minimum atomic E-state index is -1.46. The van der Waals surface area contributed by atoms with Crippen molar-refractivity contribution in [3.05, 3.63) is 78.1 Å². The SMILES string of the molecule is O=S(Cc1cnn(-c2ccccc2)c1)c1ccc(F)c(F)c1. The summed E-state index contributed by atoms with van der Waals surface area (Å²) in [4.78, 5) is 0.256. The fourth-order valence-electron chi connectivity index (χ4n) is 2.01. The molecule has 3 rings (SSSR count). The van der Waals surface area contributed by atoms with Crippen LogP contribution in [0.5, 0.6) is 0 Å². The Bertz CT molecular complexity index is 818. The van der Waals surface area contributed by atoms with Crippen molar-refractivity contribution in [2.24, 2.45) is 0 Å². The van der Waals surface area contributed by atoms with E-state index in [9.17, 15) is 13.0 Å². The highest BCUT2D eigenvalue weighted by molar-refractivity contribution is 7.84. The maximum absolute atomic E-state index is 13.2. The van der Waals surface area contributed by atoms with Crippen molar-refractivity contribution in [1.29, 1.82) is 0 Å². The Balaban J connectivity index is 1.77. The standard InChI is InChI=1S/C16H12F2N2OS/c17-15-7-6-14(8-16(15)18)22(21)11-12-9-19-20(10-12)13-4-2-1-3-5-13/h1-10H,11H2. The molecule has 0 aliphatic carbocycles. The molecule has 0 spiro atoms. The summed E-state index contributed by atoms with van der Waals surface area (Å²) in [6.45, 7) is 0. The molecule has 0 saturated heterocycles. The van der Waals surface area contributed by atoms with Gasteiger partial charge in [-0.3, -0.25) is 4.21 Å². The quantitative estimate of drug-likeness (QED) is 0.738. The van der Waals surface area contributed by atoms with Crippen LogP contribution < -0.4 is 0 Å². The number of aromatic nitrogens is 2. The minimum absolute atomic E-state index is 0.192. The molecule has 3 nitrogen and oxygen atoms in total. The van der Waals surface area contributed by atoms with E-state index in [0.717, 1.165) is 23.4 Å². The van der Waals surface area contributed by atoms with E-state index in [0.29, 0.717) is 0 Å². The third kappa shape index (κ3) is 3.12. The zero-order valence-corrected chi connectivity index (χ0v) is 12.3. The van der Waals surface area contributed by atoms with Gasteiger partial charge >= 0.3 is 0 Å². The molecular weight excluding hydrogens is 306 g/mol. The van der Waals surface area contributed by atoms with Crippen LogP contribution in [0.15, 0.2) is 65.8 Å². The van der Waals surface area contributed by atoms with E-state index in [2.05, 4.69) is 5.10 Å². The highest BCUT2D eigenvalue weighted by atomic mass is 32.2. The van der Waals surface area contributed by atoms with Gasteiger partial charge in [0.25, 0.3) is 0 Å². The van der Waals surface area contributed by atoms with E-state index < -0.39 is 22.4 Å². The van der Waals surface area contributed by atoms with Crippen LogP contribution in [-0.2, 0) is 16.6 Å². The normalized spacial score (nSPS) is 12.3. The van der Waals surface area contributed by atoms with E-state index >= 15 is 0 Å². The topological polar surface area (TPSA) is 34.9 Å². The van der Waals surface area contributed by atoms with Crippen molar-refractivity contribution in [1.82, 2.24) is 9.78 Å². The van der Waals surface area contributed by atoms with Gasteiger partial charge in [-0.15, -0.1) is 0 Å². The lowest BCUT2D eigenvalue weighted by molar-refractivity contribution is 0.505. The van der Waals surface area contributed by atoms with Crippen molar-refractivity contribution in [2.75, 3.05) is 0 Å². The van der Waals surface area contributed by atoms with Gasteiger partial charge in [0.05, 0.1) is 28.4 Å². The second kappa shape index (κ2) is 6.19. The number of benzene rings is 2. The Morgan fingerprint density at radius 1 is 1.05 bits per heavy atom. The van der Waals surface area contributed by atoms with Gasteiger partial charge in [-0.2, -0.15) is 5.10 Å². The van der Waals surface area contributed by atoms with E-state index in [1.54, 1.807) is 17.1 Å². The summed E-state index contributed by atoms with van der Waals surface area (Å²) in [5.41, 5.74) is 1.65. The van der Waals surface area contributed by atoms with Crippen molar-refractivity contribution in [3.63, 3.8) is 0 Å². The highest BCUT2D eigenvalue weighted by Crippen LogP contribution is 2.16. The van der Waals surface area contributed by atoms with Crippen LogP contribution in [0.1, 0.15) is 5.56 Å². The van der Waals surface area contributed by atoms with E-state index in [4.69, 9.17) is 0 Å². The van der Waals surface area contributed by atoms with Gasteiger partial charge in [0.1, 0.15) is 0 Å². The van der Waals surface area contributed by atoms with Crippen molar-refractivity contribution in [2.45, 2.75) is 10.6 Å². The molecule has 0 fully saturated rings. The zero-order chi connectivity index (χ0) is 15.5. The molecule has 1 unspecified atom stereocenters. The molecule has 0 radical (unpaired) electrons. The summed E-state index contributed by atoms with van der Waals surface area (Å²) in [6.07, 6.45) is 3.39. The van der Waals surface area contributed by atoms with E-state index in [-0.39, 0.29) is 10.6 Å². The second-order valence-corrected chi connectivity index (χ2v) is 6.15. The van der Waals surface area contributed by atoms with E-state index in [1.807, 2.05) is 30.3 Å². The second-order valence-electron chi connectivity index (χ2n) is 4.69. The first-order chi connectivity index (χ1) is 10.6. The molecule has 2 aromatic carbocycles. The smallest absolute Gasteiger partial charge is 0.160 e. The number of hydrogen-bond acceptors (Lipinski definition) is 2. The van der Waals surface area contributed by atoms with Crippen LogP contribution in [0.2, 0.25) is 0 Å². The molecule has 112 valence electrons. The summed E-state index contributed by atoms with van der Waals surface area (Å²) >= 11 is 0. The fourth-order valence-corrected chi connectivity index (χ4v) is 3.08. The van der Waals surface area contributed by atoms with Gasteiger partial charge in [-0.05, 0) is 30.3 Å². The third-order valence-corrected chi connectivity index (χ3v) is 4.48. The first-order valence-corrected chi connectivity index (χ1v) is 7.88. The molecule has 0 saturated carbocycles. The molecule has 6 heteroatoms. The Hall–Kier alpha value is -2.34. The number of halogens is 2. The molecule has 0 bridgehead atoms. The van der Waals surface area contributed by atoms with Crippen molar-refractivity contribution in [3.8, 4) is 5.69 Å². The maximum Gasteiger partial charge on any atom is 0.160 e. The summed E-state index contributed by atoms with van der Waals surface area (Å²) in [5.74, 6) is -1.75. The lowest BCUT2D eigenvalue weighted by Gasteiger charge is -2.02. The number of rotatable bonds is 4. The number of hydrogen-bond donors (Lipinski definition) is 0. The fraction of sp³-hybridized carbons (Fsp3) is 0.0625. The Morgan fingerprint density at radius 3 is 2.55 bits per heavy atom. The van der Waals surface area contributed by atoms with Crippen molar-refractivity contribution >= 4 is 10.8 Å². The van der Waals surface area contributed by atoms with Gasteiger partial charge in [-0.25, -0.2) is 13.5 Å². The van der Waals surface area contributed by atoms with Crippen molar-refractivity contribution < 1.29 is 13.0 Å². The lowest BCUT2D eigenvalue weighted by Crippen LogP contribution is -1.98. The third-order valence-electron chi connectivity index (χ3n) is 3.11. The molecular formula is C16H12F2N2OS. The summed E-state index contributed by atoms with van der Waals surface area (Å²) in [6, 6.07) is 12.8. The molecule has 0 aliphatic rings. The van der Waals surface area contributed by atoms with Crippen LogP contribution >= 0.6 is 0 Å². The summed E-state index contributed by atoms with van der Waals surface area (Å²) < 4.78 is 40.0. The van der Waals surface area contributed by atoms with Crippen LogP contribution in [0, 0.1) is 11.6 Å². The highest BCUT2D eigenvalue weighted by Gasteiger charge is 2.10. The van der Waals surface area contributed by atoms with Crippen LogP contribution in [-0.4, -0.2) is 14.0 Å². The van der Waals surface area contributed by atoms with Gasteiger partial charge in [0.2, 0.25) is 0 Å². The summed E-state index contributed by atoms with van der Waals surface area (Å²) in [7, 11) is -1.46. The molecule has 0 N–H and O–H groups in total. The van der Waals surface area contributed by atoms with Gasteiger partial charge in [-0.1, -0.05) is 18.2 Å².